The van der Waals surface area contributed by atoms with E-state index in [1.54, 1.807) is 0 Å². The van der Waals surface area contributed by atoms with Crippen LogP contribution in [0.1, 0.15) is 65.2 Å². The largest absolute Gasteiger partial charge is 0.465 e. The summed E-state index contributed by atoms with van der Waals surface area (Å²) in [5, 5.41) is 0. The zero-order valence-corrected chi connectivity index (χ0v) is 14.2. The Kier molecular flexibility index (Phi) is 13.7. The van der Waals surface area contributed by atoms with Crippen LogP contribution in [0, 0.1) is 0 Å². The summed E-state index contributed by atoms with van der Waals surface area (Å²) in [7, 11) is 0. The third-order valence-electron chi connectivity index (χ3n) is 3.26. The van der Waals surface area contributed by atoms with Gasteiger partial charge in [0.2, 0.25) is 0 Å². The molecule has 0 aromatic rings. The van der Waals surface area contributed by atoms with E-state index in [0.29, 0.717) is 31.8 Å². The van der Waals surface area contributed by atoms with Crippen LogP contribution < -0.4 is 11.5 Å². The summed E-state index contributed by atoms with van der Waals surface area (Å²) in [4.78, 5) is 15.9. The van der Waals surface area contributed by atoms with Gasteiger partial charge in [0, 0.05) is 13.0 Å². The Bertz CT molecular complexity index is 341. The van der Waals surface area contributed by atoms with Crippen molar-refractivity contribution in [1.82, 2.24) is 0 Å². The van der Waals surface area contributed by atoms with E-state index in [0.717, 1.165) is 38.5 Å². The second-order valence-electron chi connectivity index (χ2n) is 5.43. The van der Waals surface area contributed by atoms with Crippen molar-refractivity contribution in [2.24, 2.45) is 16.5 Å². The van der Waals surface area contributed by atoms with Crippen LogP contribution in [0.2, 0.25) is 0 Å². The molecule has 4 N–H and O–H groups in total. The van der Waals surface area contributed by atoms with Crippen molar-refractivity contribution in [3.63, 3.8) is 0 Å². The maximum absolute atomic E-state index is 11.6. The van der Waals surface area contributed by atoms with Crippen LogP contribution in [0.5, 0.6) is 0 Å². The molecular weight excluding hydrogens is 278 g/mol. The Balaban J connectivity index is 3.66. The van der Waals surface area contributed by atoms with Gasteiger partial charge in [0.1, 0.15) is 6.04 Å². The van der Waals surface area contributed by atoms with Gasteiger partial charge in [-0.05, 0) is 32.1 Å². The molecule has 128 valence electrons. The molecule has 0 saturated heterocycles. The fourth-order valence-corrected chi connectivity index (χ4v) is 1.88. The minimum absolute atomic E-state index is 0.288. The Morgan fingerprint density at radius 3 is 2.64 bits per heavy atom. The molecule has 5 nitrogen and oxygen atoms in total. The highest BCUT2D eigenvalue weighted by Crippen LogP contribution is 2.03. The van der Waals surface area contributed by atoms with Gasteiger partial charge in [-0.1, -0.05) is 38.8 Å². The molecule has 0 spiro atoms. The van der Waals surface area contributed by atoms with Crippen LogP contribution in [-0.2, 0) is 9.53 Å². The van der Waals surface area contributed by atoms with E-state index in [2.05, 4.69) is 24.9 Å². The van der Waals surface area contributed by atoms with Crippen LogP contribution in [0.3, 0.4) is 0 Å². The number of allylic oxidation sites excluding steroid dienone is 1. The molecule has 0 aromatic carbocycles. The second kappa shape index (κ2) is 14.6. The average Bonchev–Trinajstić information content (AvgIpc) is 2.51. The lowest BCUT2D eigenvalue weighted by Gasteiger charge is -2.11. The smallest absolute Gasteiger partial charge is 0.322 e. The molecule has 0 aliphatic heterocycles. The molecule has 22 heavy (non-hydrogen) atoms. The fraction of sp³-hybridized carbons (Fsp3) is 0.765. The van der Waals surface area contributed by atoms with E-state index in [1.165, 1.54) is 0 Å². The summed E-state index contributed by atoms with van der Waals surface area (Å²) >= 11 is 0. The van der Waals surface area contributed by atoms with Crippen LogP contribution in [0.25, 0.3) is 0 Å². The van der Waals surface area contributed by atoms with Crippen LogP contribution in [0.15, 0.2) is 17.1 Å². The van der Waals surface area contributed by atoms with Crippen molar-refractivity contribution in [2.75, 3.05) is 13.2 Å². The van der Waals surface area contributed by atoms with Gasteiger partial charge in [-0.15, -0.1) is 0 Å². The molecule has 0 radical (unpaired) electrons. The van der Waals surface area contributed by atoms with Gasteiger partial charge < -0.3 is 16.2 Å². The van der Waals surface area contributed by atoms with E-state index in [4.69, 9.17) is 16.2 Å². The summed E-state index contributed by atoms with van der Waals surface area (Å²) in [5.74, 6) is 0.369. The molecule has 0 unspecified atom stereocenters. The molecule has 0 aliphatic carbocycles. The number of rotatable bonds is 13. The van der Waals surface area contributed by atoms with Crippen molar-refractivity contribution >= 4 is 11.8 Å². The molecule has 0 heterocycles. The summed E-state index contributed by atoms with van der Waals surface area (Å²) in [6, 6.07) is -0.518. The summed E-state index contributed by atoms with van der Waals surface area (Å²) in [6.07, 6.45) is 11.3. The van der Waals surface area contributed by atoms with Gasteiger partial charge in [-0.3, -0.25) is 9.79 Å². The number of hydrogen-bond donors (Lipinski definition) is 2. The zero-order chi connectivity index (χ0) is 16.6. The minimum Gasteiger partial charge on any atom is -0.465 e. The number of nitrogens with two attached hydrogens (primary N) is 2. The van der Waals surface area contributed by atoms with Crippen molar-refractivity contribution in [3.8, 4) is 0 Å². The number of unbranched alkanes of at least 4 members (excludes halogenated alkanes) is 3. The molecular formula is C17H33N3O2. The maximum Gasteiger partial charge on any atom is 0.322 e. The number of carbonyl (C=O) groups is 1. The average molecular weight is 311 g/mol. The highest BCUT2D eigenvalue weighted by atomic mass is 16.5. The van der Waals surface area contributed by atoms with Crippen molar-refractivity contribution in [2.45, 2.75) is 71.3 Å². The molecule has 0 fully saturated rings. The van der Waals surface area contributed by atoms with Gasteiger partial charge in [0.25, 0.3) is 0 Å². The van der Waals surface area contributed by atoms with Crippen LogP contribution >= 0.6 is 0 Å². The molecule has 0 bridgehead atoms. The predicted octanol–water partition coefficient (Wildman–Crippen LogP) is 2.93. The lowest BCUT2D eigenvalue weighted by Crippen LogP contribution is -2.32. The predicted molar refractivity (Wildman–Crippen MR) is 92.8 cm³/mol. The molecule has 5 heteroatoms. The topological polar surface area (TPSA) is 90.7 Å². The molecule has 1 atom stereocenters. The third-order valence-corrected chi connectivity index (χ3v) is 3.26. The Morgan fingerprint density at radius 1 is 1.18 bits per heavy atom. The van der Waals surface area contributed by atoms with E-state index >= 15 is 0 Å². The first-order valence-electron chi connectivity index (χ1n) is 8.47. The number of ether oxygens (including phenoxy) is 1. The van der Waals surface area contributed by atoms with Gasteiger partial charge in [0.15, 0.2) is 0 Å². The first-order chi connectivity index (χ1) is 10.6. The van der Waals surface area contributed by atoms with Gasteiger partial charge in [-0.25, -0.2) is 0 Å². The maximum atomic E-state index is 11.6. The van der Waals surface area contributed by atoms with E-state index in [-0.39, 0.29) is 5.97 Å². The summed E-state index contributed by atoms with van der Waals surface area (Å²) < 4.78 is 5.14. The van der Waals surface area contributed by atoms with Crippen molar-refractivity contribution in [1.29, 1.82) is 0 Å². The SMILES string of the molecule is CCC=CCC(N)=NCCCC[C@H](N)C(=O)OCCCCC. The first-order valence-corrected chi connectivity index (χ1v) is 8.47. The number of esters is 1. The van der Waals surface area contributed by atoms with Gasteiger partial charge in [-0.2, -0.15) is 0 Å². The molecule has 0 amide bonds. The van der Waals surface area contributed by atoms with E-state index < -0.39 is 6.04 Å². The van der Waals surface area contributed by atoms with Crippen molar-refractivity contribution < 1.29 is 9.53 Å². The zero-order valence-electron chi connectivity index (χ0n) is 14.2. The Labute approximate surface area is 135 Å². The van der Waals surface area contributed by atoms with Crippen molar-refractivity contribution in [3.05, 3.63) is 12.2 Å². The molecule has 0 aromatic heterocycles. The summed E-state index contributed by atoms with van der Waals surface area (Å²) in [6.45, 7) is 5.36. The standard InChI is InChI=1S/C17H33N3O2/c1-3-5-7-12-16(19)20-13-9-8-11-15(18)17(21)22-14-10-6-4-2/h5,7,15H,3-4,6,8-14,18H2,1-2H3,(H2,19,20)/t15-/m0/s1. The lowest BCUT2D eigenvalue weighted by molar-refractivity contribution is -0.145. The number of carbonyl (C=O) groups excluding carboxylic acids is 1. The lowest BCUT2D eigenvalue weighted by atomic mass is 10.1. The molecule has 0 aliphatic rings. The minimum atomic E-state index is -0.518. The Hall–Kier alpha value is -1.36. The quantitative estimate of drug-likeness (QED) is 0.180. The van der Waals surface area contributed by atoms with Gasteiger partial charge in [0.05, 0.1) is 12.4 Å². The van der Waals surface area contributed by atoms with Gasteiger partial charge >= 0.3 is 5.97 Å². The number of hydrogen-bond acceptors (Lipinski definition) is 4. The highest BCUT2D eigenvalue weighted by Gasteiger charge is 2.13. The number of amidine groups is 1. The fourth-order valence-electron chi connectivity index (χ4n) is 1.88. The first kappa shape index (κ1) is 20.6. The summed E-state index contributed by atoms with van der Waals surface area (Å²) in [5.41, 5.74) is 11.6. The van der Waals surface area contributed by atoms with Crippen LogP contribution in [0.4, 0.5) is 0 Å². The number of aliphatic imine (C=N–C) groups is 1. The van der Waals surface area contributed by atoms with E-state index in [9.17, 15) is 4.79 Å². The third kappa shape index (κ3) is 12.4. The normalized spacial score (nSPS) is 13.5. The molecule has 0 rings (SSSR count). The monoisotopic (exact) mass is 311 g/mol. The second-order valence-corrected chi connectivity index (χ2v) is 5.43. The van der Waals surface area contributed by atoms with E-state index in [1.807, 2.05) is 6.08 Å². The molecule has 0 saturated carbocycles. The Morgan fingerprint density at radius 2 is 1.95 bits per heavy atom. The highest BCUT2D eigenvalue weighted by molar-refractivity contribution is 5.81. The van der Waals surface area contributed by atoms with Crippen LogP contribution in [-0.4, -0.2) is 31.0 Å². The number of nitrogens with zero attached hydrogens (tertiary/aromatic N) is 1.